The molecule has 3 aromatic rings. The molecular weight excluding hydrogens is 328 g/mol. The summed E-state index contributed by atoms with van der Waals surface area (Å²) in [5.41, 5.74) is 8.71. The van der Waals surface area contributed by atoms with Crippen molar-refractivity contribution in [2.45, 2.75) is 33.7 Å². The van der Waals surface area contributed by atoms with Crippen LogP contribution in [-0.2, 0) is 0 Å². The summed E-state index contributed by atoms with van der Waals surface area (Å²) in [6.45, 7) is 8.66. The van der Waals surface area contributed by atoms with Crippen molar-refractivity contribution in [3.8, 4) is 0 Å². The fourth-order valence-corrected chi connectivity index (χ4v) is 3.99. The topological polar surface area (TPSA) is 15.4 Å². The molecule has 1 aliphatic rings. The quantitative estimate of drug-likeness (QED) is 0.526. The summed E-state index contributed by atoms with van der Waals surface area (Å²) >= 11 is 0. The lowest BCUT2D eigenvalue weighted by Crippen LogP contribution is -2.16. The van der Waals surface area contributed by atoms with Crippen LogP contribution in [0.1, 0.15) is 39.4 Å². The predicted octanol–water partition coefficient (Wildman–Crippen LogP) is 5.84. The molecule has 1 atom stereocenters. The zero-order valence-electron chi connectivity index (χ0n) is 16.4. The second kappa shape index (κ2) is 6.96. The van der Waals surface area contributed by atoms with E-state index < -0.39 is 0 Å². The van der Waals surface area contributed by atoms with E-state index in [9.17, 15) is 0 Å². The van der Waals surface area contributed by atoms with Crippen molar-refractivity contribution < 1.29 is 4.58 Å². The molecule has 0 saturated heterocycles. The van der Waals surface area contributed by atoms with Crippen LogP contribution in [0.15, 0.2) is 71.7 Å². The lowest BCUT2D eigenvalue weighted by Gasteiger charge is -2.11. The third kappa shape index (κ3) is 3.35. The number of amidine groups is 1. The Morgan fingerprint density at radius 1 is 0.741 bits per heavy atom. The van der Waals surface area contributed by atoms with Crippen LogP contribution in [0.3, 0.4) is 0 Å². The maximum Gasteiger partial charge on any atom is 0.330 e. The number of hydrogen-bond donors (Lipinski definition) is 0. The molecule has 0 bridgehead atoms. The van der Waals surface area contributed by atoms with E-state index >= 15 is 0 Å². The van der Waals surface area contributed by atoms with Crippen molar-refractivity contribution >= 4 is 17.7 Å². The van der Waals surface area contributed by atoms with Crippen molar-refractivity contribution in [1.29, 1.82) is 0 Å². The monoisotopic (exact) mass is 353 g/mol. The van der Waals surface area contributed by atoms with Crippen LogP contribution in [-0.4, -0.2) is 16.6 Å². The largest absolute Gasteiger partial charge is 0.330 e. The van der Waals surface area contributed by atoms with Gasteiger partial charge in [-0.25, -0.2) is 0 Å². The Balaban J connectivity index is 1.90. The summed E-state index contributed by atoms with van der Waals surface area (Å²) in [6, 6.07) is 23.6. The van der Waals surface area contributed by atoms with Gasteiger partial charge in [-0.1, -0.05) is 70.7 Å². The highest BCUT2D eigenvalue weighted by atomic mass is 15.2. The fraction of sp³-hybridized carbons (Fsp3) is 0.200. The van der Waals surface area contributed by atoms with E-state index in [1.807, 2.05) is 6.07 Å². The van der Waals surface area contributed by atoms with Gasteiger partial charge in [0.05, 0.1) is 5.56 Å². The van der Waals surface area contributed by atoms with Gasteiger partial charge in [-0.15, -0.1) is 0 Å². The zero-order valence-corrected chi connectivity index (χ0v) is 16.4. The average molecular weight is 353 g/mol. The second-order valence-corrected chi connectivity index (χ2v) is 7.44. The van der Waals surface area contributed by atoms with E-state index in [-0.39, 0.29) is 6.04 Å². The minimum absolute atomic E-state index is 0.0280. The normalized spacial score (nSPS) is 16.2. The molecule has 3 aromatic carbocycles. The number of nitrogens with zero attached hydrogens (tertiary/aromatic N) is 2. The van der Waals surface area contributed by atoms with Crippen molar-refractivity contribution in [3.63, 3.8) is 0 Å². The van der Waals surface area contributed by atoms with Gasteiger partial charge in [-0.05, 0) is 51.0 Å². The Bertz CT molecular complexity index is 1040. The summed E-state index contributed by atoms with van der Waals surface area (Å²) < 4.78 is 2.28. The molecule has 1 heterocycles. The molecule has 2 nitrogen and oxygen atoms in total. The van der Waals surface area contributed by atoms with Crippen LogP contribution in [0, 0.1) is 27.7 Å². The Morgan fingerprint density at radius 3 is 2.11 bits per heavy atom. The highest BCUT2D eigenvalue weighted by molar-refractivity contribution is 6.00. The van der Waals surface area contributed by atoms with Crippen LogP contribution in [0.25, 0.3) is 0 Å². The van der Waals surface area contributed by atoms with E-state index in [4.69, 9.17) is 4.99 Å². The van der Waals surface area contributed by atoms with Crippen LogP contribution in [0.4, 0.5) is 5.69 Å². The highest BCUT2D eigenvalue weighted by Crippen LogP contribution is 2.31. The summed E-state index contributed by atoms with van der Waals surface area (Å²) in [6.07, 6.45) is 2.25. The number of rotatable bonds is 3. The first-order valence-electron chi connectivity index (χ1n) is 9.45. The van der Waals surface area contributed by atoms with E-state index in [0.717, 1.165) is 11.4 Å². The predicted molar refractivity (Wildman–Crippen MR) is 114 cm³/mol. The maximum atomic E-state index is 5.12. The number of aliphatic imine (C=N–C) groups is 1. The SMILES string of the molecule is Cc1cccc(C2C=[N+](c3c(C)cc(C)cc3C)C(c3ccccc3)=N2)c1. The molecule has 1 unspecified atom stereocenters. The molecule has 0 amide bonds. The molecule has 0 N–H and O–H groups in total. The lowest BCUT2D eigenvalue weighted by molar-refractivity contribution is -0.297. The molecule has 134 valence electrons. The van der Waals surface area contributed by atoms with E-state index in [0.29, 0.717) is 0 Å². The molecule has 27 heavy (non-hydrogen) atoms. The summed E-state index contributed by atoms with van der Waals surface area (Å²) in [4.78, 5) is 5.12. The van der Waals surface area contributed by atoms with Gasteiger partial charge < -0.3 is 0 Å². The maximum absolute atomic E-state index is 5.12. The molecule has 0 saturated carbocycles. The average Bonchev–Trinajstić information content (AvgIpc) is 3.06. The minimum atomic E-state index is 0.0280. The first-order chi connectivity index (χ1) is 13.0. The first-order valence-corrected chi connectivity index (χ1v) is 9.45. The third-order valence-electron chi connectivity index (χ3n) is 5.07. The molecule has 0 radical (unpaired) electrons. The standard InChI is InChI=1S/C25H25N2/c1-17-9-8-12-22(15-17)23-16-27(24-19(3)13-18(2)14-20(24)4)25(26-23)21-10-6-5-7-11-21/h5-16,23H,1-4H3/q+1. The number of benzene rings is 3. The molecule has 0 spiro atoms. The van der Waals surface area contributed by atoms with Crippen LogP contribution < -0.4 is 0 Å². The van der Waals surface area contributed by atoms with Crippen LogP contribution >= 0.6 is 0 Å². The lowest BCUT2D eigenvalue weighted by atomic mass is 10.0. The molecule has 0 aromatic heterocycles. The van der Waals surface area contributed by atoms with Crippen molar-refractivity contribution in [2.24, 2.45) is 4.99 Å². The molecular formula is C25H25N2+. The van der Waals surface area contributed by atoms with Gasteiger partial charge in [0.15, 0.2) is 0 Å². The van der Waals surface area contributed by atoms with E-state index in [2.05, 4.69) is 99.1 Å². The molecule has 1 aliphatic heterocycles. The van der Waals surface area contributed by atoms with Crippen molar-refractivity contribution in [3.05, 3.63) is 100 Å². The Kier molecular flexibility index (Phi) is 4.49. The smallest absolute Gasteiger partial charge is 0.195 e. The van der Waals surface area contributed by atoms with E-state index in [1.54, 1.807) is 0 Å². The van der Waals surface area contributed by atoms with Crippen molar-refractivity contribution in [1.82, 2.24) is 0 Å². The van der Waals surface area contributed by atoms with Crippen molar-refractivity contribution in [2.75, 3.05) is 0 Å². The highest BCUT2D eigenvalue weighted by Gasteiger charge is 2.33. The van der Waals surface area contributed by atoms with Crippen LogP contribution in [0.2, 0.25) is 0 Å². The molecule has 4 rings (SSSR count). The van der Waals surface area contributed by atoms with Gasteiger partial charge in [-0.3, -0.25) is 0 Å². The fourth-order valence-electron chi connectivity index (χ4n) is 3.99. The molecule has 0 fully saturated rings. The first kappa shape index (κ1) is 17.4. The minimum Gasteiger partial charge on any atom is -0.195 e. The summed E-state index contributed by atoms with van der Waals surface area (Å²) in [7, 11) is 0. The van der Waals surface area contributed by atoms with Gasteiger partial charge >= 0.3 is 5.84 Å². The molecule has 0 aliphatic carbocycles. The third-order valence-corrected chi connectivity index (χ3v) is 5.07. The summed E-state index contributed by atoms with van der Waals surface area (Å²) in [5, 5.41) is 0. The number of aryl methyl sites for hydroxylation is 4. The van der Waals surface area contributed by atoms with Gasteiger partial charge in [0.1, 0.15) is 11.9 Å². The zero-order chi connectivity index (χ0) is 19.0. The van der Waals surface area contributed by atoms with E-state index in [1.165, 1.54) is 33.5 Å². The van der Waals surface area contributed by atoms with Gasteiger partial charge in [-0.2, -0.15) is 4.58 Å². The summed E-state index contributed by atoms with van der Waals surface area (Å²) in [5.74, 6) is 1.01. The van der Waals surface area contributed by atoms with Gasteiger partial charge in [0, 0.05) is 5.56 Å². The number of hydrogen-bond acceptors (Lipinski definition) is 1. The Morgan fingerprint density at radius 2 is 1.44 bits per heavy atom. The molecule has 2 heteroatoms. The van der Waals surface area contributed by atoms with Gasteiger partial charge in [0.25, 0.3) is 0 Å². The second-order valence-electron chi connectivity index (χ2n) is 7.44. The van der Waals surface area contributed by atoms with Gasteiger partial charge in [0.2, 0.25) is 6.04 Å². The van der Waals surface area contributed by atoms with Crippen LogP contribution in [0.5, 0.6) is 0 Å². The Labute approximate surface area is 161 Å². The Hall–Kier alpha value is -3.00.